The maximum Gasteiger partial charge on any atom is 0.0949 e. The summed E-state index contributed by atoms with van der Waals surface area (Å²) >= 11 is 0. The van der Waals surface area contributed by atoms with Crippen molar-refractivity contribution in [3.8, 4) is 0 Å². The van der Waals surface area contributed by atoms with Crippen molar-refractivity contribution in [3.05, 3.63) is 0 Å². The second-order valence-electron chi connectivity index (χ2n) is 4.16. The summed E-state index contributed by atoms with van der Waals surface area (Å²) < 4.78 is 0. The van der Waals surface area contributed by atoms with Crippen molar-refractivity contribution in [3.63, 3.8) is 0 Å². The Morgan fingerprint density at radius 2 is 1.73 bits per heavy atom. The van der Waals surface area contributed by atoms with Gasteiger partial charge in [-0.25, -0.2) is 5.11 Å². The molecule has 0 saturated heterocycles. The van der Waals surface area contributed by atoms with Crippen molar-refractivity contribution in [2.24, 2.45) is 0 Å². The van der Waals surface area contributed by atoms with Crippen LogP contribution in [0.15, 0.2) is 0 Å². The van der Waals surface area contributed by atoms with Gasteiger partial charge in [-0.05, 0) is 34.6 Å². The van der Waals surface area contributed by atoms with Crippen molar-refractivity contribution >= 4 is 0 Å². The predicted octanol–water partition coefficient (Wildman–Crippen LogP) is 1.93. The molecule has 0 aromatic rings. The average molecular weight is 158 g/mol. The lowest BCUT2D eigenvalue weighted by atomic mass is 10.0. The van der Waals surface area contributed by atoms with Gasteiger partial charge in [-0.1, -0.05) is 0 Å². The largest absolute Gasteiger partial charge is 0.294 e. The van der Waals surface area contributed by atoms with Gasteiger partial charge in [0.25, 0.3) is 0 Å². The van der Waals surface area contributed by atoms with E-state index in [1.807, 2.05) is 0 Å². The molecular formula is C9H20NO. The molecule has 0 heterocycles. The summed E-state index contributed by atoms with van der Waals surface area (Å²) in [6.07, 6.45) is 0. The van der Waals surface area contributed by atoms with Crippen molar-refractivity contribution in [1.29, 1.82) is 0 Å². The van der Waals surface area contributed by atoms with Crippen LogP contribution in [0.1, 0.15) is 34.6 Å². The van der Waals surface area contributed by atoms with E-state index in [9.17, 15) is 5.11 Å². The Labute approximate surface area is 70.2 Å². The number of hydrogen-bond acceptors (Lipinski definition) is 1. The summed E-state index contributed by atoms with van der Waals surface area (Å²) in [5.41, 5.74) is 0.124. The molecule has 11 heavy (non-hydrogen) atoms. The monoisotopic (exact) mass is 158 g/mol. The zero-order valence-corrected chi connectivity index (χ0v) is 8.35. The van der Waals surface area contributed by atoms with Crippen molar-refractivity contribution in [1.82, 2.24) is 4.90 Å². The van der Waals surface area contributed by atoms with Crippen LogP contribution in [0.5, 0.6) is 0 Å². The molecule has 0 fully saturated rings. The normalized spacial score (nSPS) is 13.1. The van der Waals surface area contributed by atoms with Gasteiger partial charge in [0.05, 0.1) is 6.61 Å². The first-order valence-electron chi connectivity index (χ1n) is 4.24. The lowest BCUT2D eigenvalue weighted by Gasteiger charge is -2.38. The summed E-state index contributed by atoms with van der Waals surface area (Å²) in [6.45, 7) is 11.3. The first kappa shape index (κ1) is 10.9. The molecule has 0 rings (SSSR count). The summed E-state index contributed by atoms with van der Waals surface area (Å²) in [7, 11) is 0. The van der Waals surface area contributed by atoms with Gasteiger partial charge < -0.3 is 0 Å². The second kappa shape index (κ2) is 4.07. The molecule has 0 N–H and O–H groups in total. The van der Waals surface area contributed by atoms with E-state index in [1.54, 1.807) is 0 Å². The quantitative estimate of drug-likeness (QED) is 0.615. The predicted molar refractivity (Wildman–Crippen MR) is 47.1 cm³/mol. The molecule has 0 amide bonds. The van der Waals surface area contributed by atoms with E-state index in [0.29, 0.717) is 12.6 Å². The highest BCUT2D eigenvalue weighted by Crippen LogP contribution is 2.15. The Kier molecular flexibility index (Phi) is 4.04. The van der Waals surface area contributed by atoms with E-state index in [0.717, 1.165) is 0 Å². The van der Waals surface area contributed by atoms with Crippen LogP contribution >= 0.6 is 0 Å². The number of hydrogen-bond donors (Lipinski definition) is 0. The number of nitrogens with zero attached hydrogens (tertiary/aromatic N) is 1. The fraction of sp³-hybridized carbons (Fsp3) is 1.00. The maximum absolute atomic E-state index is 10.4. The van der Waals surface area contributed by atoms with Gasteiger partial charge in [-0.3, -0.25) is 4.90 Å². The molecule has 0 atom stereocenters. The first-order chi connectivity index (χ1) is 4.89. The minimum absolute atomic E-state index is 0.00451. The summed E-state index contributed by atoms with van der Waals surface area (Å²) in [5.74, 6) is 0. The SMILES string of the molecule is CC(C)N(CC[O])C(C)(C)C. The van der Waals surface area contributed by atoms with Gasteiger partial charge in [0, 0.05) is 18.1 Å². The van der Waals surface area contributed by atoms with Crippen LogP contribution in [0, 0.1) is 0 Å². The molecule has 0 aliphatic rings. The molecule has 0 aromatic heterocycles. The molecule has 0 unspecified atom stereocenters. The standard InChI is InChI=1S/C9H20NO/c1-8(2)10(6-7-11)9(3,4)5/h8H,6-7H2,1-5H3. The maximum atomic E-state index is 10.4. The highest BCUT2D eigenvalue weighted by molar-refractivity contribution is 4.78. The van der Waals surface area contributed by atoms with Gasteiger partial charge in [-0.2, -0.15) is 0 Å². The van der Waals surface area contributed by atoms with Crippen molar-refractivity contribution in [2.75, 3.05) is 13.2 Å². The Balaban J connectivity index is 4.10. The average Bonchev–Trinajstić information content (AvgIpc) is 1.79. The van der Waals surface area contributed by atoms with Gasteiger partial charge in [0.15, 0.2) is 0 Å². The molecule has 0 spiro atoms. The molecule has 0 bridgehead atoms. The van der Waals surface area contributed by atoms with Crippen LogP contribution in [-0.2, 0) is 5.11 Å². The van der Waals surface area contributed by atoms with Crippen LogP contribution in [0.4, 0.5) is 0 Å². The molecule has 2 heteroatoms. The lowest BCUT2D eigenvalue weighted by Crippen LogP contribution is -2.47. The van der Waals surface area contributed by atoms with Gasteiger partial charge in [-0.15, -0.1) is 0 Å². The Morgan fingerprint density at radius 1 is 1.27 bits per heavy atom. The van der Waals surface area contributed by atoms with Crippen molar-refractivity contribution in [2.45, 2.75) is 46.2 Å². The third-order valence-corrected chi connectivity index (χ3v) is 1.82. The van der Waals surface area contributed by atoms with Gasteiger partial charge in [0.1, 0.15) is 0 Å². The van der Waals surface area contributed by atoms with Crippen LogP contribution in [0.3, 0.4) is 0 Å². The number of rotatable bonds is 3. The Hall–Kier alpha value is -0.0800. The summed E-state index contributed by atoms with van der Waals surface area (Å²) in [4.78, 5) is 2.22. The van der Waals surface area contributed by atoms with Crippen LogP contribution < -0.4 is 0 Å². The highest BCUT2D eigenvalue weighted by atomic mass is 16.3. The third kappa shape index (κ3) is 3.73. The highest BCUT2D eigenvalue weighted by Gasteiger charge is 2.22. The fourth-order valence-electron chi connectivity index (χ4n) is 1.47. The summed E-state index contributed by atoms with van der Waals surface area (Å²) in [5, 5.41) is 10.4. The van der Waals surface area contributed by atoms with E-state index in [1.165, 1.54) is 0 Å². The second-order valence-corrected chi connectivity index (χ2v) is 4.16. The molecule has 0 aliphatic carbocycles. The topological polar surface area (TPSA) is 23.1 Å². The molecular weight excluding hydrogens is 138 g/mol. The summed E-state index contributed by atoms with van der Waals surface area (Å²) in [6, 6.07) is 0.462. The Bertz CT molecular complexity index is 105. The lowest BCUT2D eigenvalue weighted by molar-refractivity contribution is 0.0564. The van der Waals surface area contributed by atoms with E-state index in [4.69, 9.17) is 0 Å². The molecule has 0 saturated carbocycles. The van der Waals surface area contributed by atoms with Crippen LogP contribution in [0.25, 0.3) is 0 Å². The molecule has 0 aromatic carbocycles. The van der Waals surface area contributed by atoms with Crippen LogP contribution in [0.2, 0.25) is 0 Å². The van der Waals surface area contributed by atoms with E-state index >= 15 is 0 Å². The van der Waals surface area contributed by atoms with Gasteiger partial charge >= 0.3 is 0 Å². The van der Waals surface area contributed by atoms with E-state index in [-0.39, 0.29) is 12.1 Å². The minimum atomic E-state index is -0.00451. The molecule has 67 valence electrons. The minimum Gasteiger partial charge on any atom is -0.294 e. The Morgan fingerprint density at radius 3 is 1.82 bits per heavy atom. The molecule has 0 aliphatic heterocycles. The zero-order chi connectivity index (χ0) is 9.07. The molecule has 1 radical (unpaired) electrons. The smallest absolute Gasteiger partial charge is 0.0949 e. The first-order valence-corrected chi connectivity index (χ1v) is 4.24. The fourth-order valence-corrected chi connectivity index (χ4v) is 1.47. The van der Waals surface area contributed by atoms with Gasteiger partial charge in [0.2, 0.25) is 0 Å². The third-order valence-electron chi connectivity index (χ3n) is 1.82. The van der Waals surface area contributed by atoms with E-state index in [2.05, 4.69) is 39.5 Å². The zero-order valence-electron chi connectivity index (χ0n) is 8.35. The van der Waals surface area contributed by atoms with Crippen molar-refractivity contribution < 1.29 is 5.11 Å². The molecule has 2 nitrogen and oxygen atoms in total. The van der Waals surface area contributed by atoms with E-state index < -0.39 is 0 Å². The van der Waals surface area contributed by atoms with Crippen LogP contribution in [-0.4, -0.2) is 29.6 Å².